The summed E-state index contributed by atoms with van der Waals surface area (Å²) in [6.07, 6.45) is 1.53. The second-order valence-electron chi connectivity index (χ2n) is 7.17. The van der Waals surface area contributed by atoms with Gasteiger partial charge in [-0.2, -0.15) is 0 Å². The number of aromatic nitrogens is 2. The Balaban J connectivity index is 1.82. The molecule has 0 unspecified atom stereocenters. The standard InChI is InChI=1S/C24H14BrN3O4/c25-14-8-9-20-17(11-14)18(22(29)27-20)12-21-26-19-7-2-1-6-16(19)23(30)28(21)15-5-3-4-13(10-15)24(31)32/h1-12H,(H,27,29)(H,31,32)/p-1/b18-12-. The molecule has 4 aromatic rings. The summed E-state index contributed by atoms with van der Waals surface area (Å²) in [4.78, 5) is 42.1. The van der Waals surface area contributed by atoms with Crippen molar-refractivity contribution in [3.63, 3.8) is 0 Å². The number of anilines is 1. The molecule has 8 heteroatoms. The number of hydrogen-bond donors (Lipinski definition) is 1. The molecule has 0 bridgehead atoms. The number of para-hydroxylation sites is 1. The molecule has 1 aliphatic rings. The molecule has 0 radical (unpaired) electrons. The van der Waals surface area contributed by atoms with Crippen LogP contribution >= 0.6 is 15.9 Å². The quantitative estimate of drug-likeness (QED) is 0.448. The maximum absolute atomic E-state index is 13.4. The molecule has 1 aromatic heterocycles. The zero-order valence-corrected chi connectivity index (χ0v) is 17.9. The van der Waals surface area contributed by atoms with Crippen molar-refractivity contribution in [3.05, 3.63) is 98.5 Å². The molecule has 5 rings (SSSR count). The Morgan fingerprint density at radius 1 is 1.03 bits per heavy atom. The van der Waals surface area contributed by atoms with Gasteiger partial charge in [-0.3, -0.25) is 14.2 Å². The van der Waals surface area contributed by atoms with Crippen molar-refractivity contribution in [1.29, 1.82) is 0 Å². The van der Waals surface area contributed by atoms with Crippen molar-refractivity contribution in [2.75, 3.05) is 5.32 Å². The van der Waals surface area contributed by atoms with Crippen molar-refractivity contribution in [3.8, 4) is 5.69 Å². The van der Waals surface area contributed by atoms with Crippen LogP contribution in [0.3, 0.4) is 0 Å². The number of fused-ring (bicyclic) bond motifs is 2. The van der Waals surface area contributed by atoms with Crippen LogP contribution in [0.15, 0.2) is 76.0 Å². The molecule has 0 saturated carbocycles. The summed E-state index contributed by atoms with van der Waals surface area (Å²) in [7, 11) is 0. The number of benzene rings is 3. The molecule has 0 atom stereocenters. The van der Waals surface area contributed by atoms with Crippen LogP contribution in [-0.4, -0.2) is 21.4 Å². The van der Waals surface area contributed by atoms with E-state index >= 15 is 0 Å². The van der Waals surface area contributed by atoms with Crippen molar-refractivity contribution in [1.82, 2.24) is 9.55 Å². The fraction of sp³-hybridized carbons (Fsp3) is 0. The van der Waals surface area contributed by atoms with Crippen molar-refractivity contribution >= 4 is 56.0 Å². The van der Waals surface area contributed by atoms with Crippen molar-refractivity contribution < 1.29 is 14.7 Å². The van der Waals surface area contributed by atoms with Gasteiger partial charge in [0, 0.05) is 15.7 Å². The van der Waals surface area contributed by atoms with Crippen LogP contribution in [0.5, 0.6) is 0 Å². The highest BCUT2D eigenvalue weighted by molar-refractivity contribution is 9.10. The van der Waals surface area contributed by atoms with Crippen LogP contribution in [0.2, 0.25) is 0 Å². The molecule has 2 heterocycles. The Hall–Kier alpha value is -4.04. The minimum absolute atomic E-state index is 0.0750. The molecule has 0 fully saturated rings. The van der Waals surface area contributed by atoms with E-state index in [2.05, 4.69) is 26.2 Å². The molecule has 3 aromatic carbocycles. The molecule has 7 nitrogen and oxygen atoms in total. The van der Waals surface area contributed by atoms with Crippen LogP contribution in [0.25, 0.3) is 28.2 Å². The molecule has 1 aliphatic heterocycles. The van der Waals surface area contributed by atoms with Gasteiger partial charge in [0.15, 0.2) is 0 Å². The molecule has 32 heavy (non-hydrogen) atoms. The Morgan fingerprint density at radius 3 is 2.66 bits per heavy atom. The predicted molar refractivity (Wildman–Crippen MR) is 122 cm³/mol. The van der Waals surface area contributed by atoms with E-state index in [-0.39, 0.29) is 22.9 Å². The van der Waals surface area contributed by atoms with Crippen LogP contribution < -0.4 is 16.0 Å². The lowest BCUT2D eigenvalue weighted by Crippen LogP contribution is -2.25. The number of carboxylic acid groups (broad SMARTS) is 1. The topological polar surface area (TPSA) is 104 Å². The van der Waals surface area contributed by atoms with Crippen LogP contribution in [0.4, 0.5) is 5.69 Å². The normalized spacial score (nSPS) is 13.9. The van der Waals surface area contributed by atoms with Gasteiger partial charge in [0.2, 0.25) is 0 Å². The number of nitrogens with one attached hydrogen (secondary N) is 1. The number of aromatic carboxylic acids is 1. The summed E-state index contributed by atoms with van der Waals surface area (Å²) >= 11 is 3.42. The van der Waals surface area contributed by atoms with Gasteiger partial charge in [-0.1, -0.05) is 40.2 Å². The fourth-order valence-electron chi connectivity index (χ4n) is 3.70. The van der Waals surface area contributed by atoms with Crippen LogP contribution in [-0.2, 0) is 4.79 Å². The van der Waals surface area contributed by atoms with E-state index in [1.165, 1.54) is 28.8 Å². The maximum atomic E-state index is 13.4. The number of carbonyl (C=O) groups is 2. The number of halogens is 1. The molecule has 156 valence electrons. The monoisotopic (exact) mass is 486 g/mol. The lowest BCUT2D eigenvalue weighted by Gasteiger charge is -2.13. The Bertz CT molecular complexity index is 1540. The third kappa shape index (κ3) is 3.30. The van der Waals surface area contributed by atoms with Gasteiger partial charge >= 0.3 is 0 Å². The first-order valence-corrected chi connectivity index (χ1v) is 10.4. The predicted octanol–water partition coefficient (Wildman–Crippen LogP) is 3.00. The highest BCUT2D eigenvalue weighted by Gasteiger charge is 2.25. The summed E-state index contributed by atoms with van der Waals surface area (Å²) in [6, 6.07) is 18.1. The van der Waals surface area contributed by atoms with Crippen LogP contribution in [0.1, 0.15) is 21.7 Å². The summed E-state index contributed by atoms with van der Waals surface area (Å²) in [6.45, 7) is 0. The first-order valence-electron chi connectivity index (χ1n) is 9.59. The van der Waals surface area contributed by atoms with Gasteiger partial charge in [-0.05, 0) is 54.1 Å². The van der Waals surface area contributed by atoms with Gasteiger partial charge in [0.1, 0.15) is 5.82 Å². The van der Waals surface area contributed by atoms with Gasteiger partial charge in [-0.15, -0.1) is 0 Å². The second kappa shape index (κ2) is 7.58. The van der Waals surface area contributed by atoms with E-state index in [4.69, 9.17) is 0 Å². The largest absolute Gasteiger partial charge is 0.545 e. The molecule has 1 amide bonds. The van der Waals surface area contributed by atoms with Gasteiger partial charge in [0.05, 0.1) is 28.1 Å². The number of amides is 1. The summed E-state index contributed by atoms with van der Waals surface area (Å²) in [5.41, 5.74) is 1.97. The van der Waals surface area contributed by atoms with Gasteiger partial charge < -0.3 is 15.2 Å². The van der Waals surface area contributed by atoms with E-state index in [1.54, 1.807) is 42.5 Å². The lowest BCUT2D eigenvalue weighted by atomic mass is 10.1. The summed E-state index contributed by atoms with van der Waals surface area (Å²) in [5.74, 6) is -1.49. The Labute approximate surface area is 189 Å². The molecule has 0 saturated heterocycles. The second-order valence-corrected chi connectivity index (χ2v) is 8.08. The van der Waals surface area contributed by atoms with Crippen molar-refractivity contribution in [2.45, 2.75) is 0 Å². The maximum Gasteiger partial charge on any atom is 0.266 e. The average molecular weight is 487 g/mol. The first-order chi connectivity index (χ1) is 15.4. The number of nitrogens with zero attached hydrogens (tertiary/aromatic N) is 2. The van der Waals surface area contributed by atoms with E-state index in [1.807, 2.05) is 6.07 Å². The van der Waals surface area contributed by atoms with Crippen LogP contribution in [0, 0.1) is 0 Å². The number of carboxylic acids is 1. The zero-order valence-electron chi connectivity index (χ0n) is 16.3. The highest BCUT2D eigenvalue weighted by Crippen LogP contribution is 2.35. The number of hydrogen-bond acceptors (Lipinski definition) is 5. The highest BCUT2D eigenvalue weighted by atomic mass is 79.9. The molecule has 1 N–H and O–H groups in total. The summed E-state index contributed by atoms with van der Waals surface area (Å²) in [5, 5.41) is 14.5. The molecule has 0 spiro atoms. The lowest BCUT2D eigenvalue weighted by molar-refractivity contribution is -0.255. The molecule has 0 aliphatic carbocycles. The third-order valence-electron chi connectivity index (χ3n) is 5.18. The van der Waals surface area contributed by atoms with Gasteiger partial charge in [-0.25, -0.2) is 4.98 Å². The SMILES string of the molecule is O=C1Nc2ccc(Br)cc2/C1=C/c1nc2ccccc2c(=O)n1-c1cccc(C(=O)[O-])c1. The number of carbonyl (C=O) groups excluding carboxylic acids is 2. The van der Waals surface area contributed by atoms with E-state index < -0.39 is 5.97 Å². The van der Waals surface area contributed by atoms with Crippen molar-refractivity contribution in [2.24, 2.45) is 0 Å². The minimum Gasteiger partial charge on any atom is -0.545 e. The van der Waals surface area contributed by atoms with Gasteiger partial charge in [0.25, 0.3) is 11.5 Å². The molecular weight excluding hydrogens is 474 g/mol. The van der Waals surface area contributed by atoms with E-state index in [0.29, 0.717) is 33.4 Å². The zero-order chi connectivity index (χ0) is 22.4. The average Bonchev–Trinajstić information content (AvgIpc) is 3.08. The minimum atomic E-state index is -1.36. The third-order valence-corrected chi connectivity index (χ3v) is 5.67. The smallest absolute Gasteiger partial charge is 0.266 e. The number of rotatable bonds is 3. The van der Waals surface area contributed by atoms with E-state index in [0.717, 1.165) is 4.47 Å². The Kier molecular flexibility index (Phi) is 4.71. The fourth-order valence-corrected chi connectivity index (χ4v) is 4.06. The molecular formula is C24H13BrN3O4-. The summed E-state index contributed by atoms with van der Waals surface area (Å²) < 4.78 is 2.09. The van der Waals surface area contributed by atoms with E-state index in [9.17, 15) is 19.5 Å². The first kappa shape index (κ1) is 19.9. The Morgan fingerprint density at radius 2 is 1.84 bits per heavy atom.